The lowest BCUT2D eigenvalue weighted by atomic mass is 10.1. The summed E-state index contributed by atoms with van der Waals surface area (Å²) < 4.78 is 42.7. The Hall–Kier alpha value is -2.85. The summed E-state index contributed by atoms with van der Waals surface area (Å²) in [5, 5.41) is 4.97. The number of hydrogen-bond donors (Lipinski definition) is 1. The zero-order valence-electron chi connectivity index (χ0n) is 17.2. The second-order valence-corrected chi connectivity index (χ2v) is 9.05. The van der Waals surface area contributed by atoms with E-state index >= 15 is 0 Å². The van der Waals surface area contributed by atoms with E-state index in [2.05, 4.69) is 5.10 Å². The molecule has 0 saturated carbocycles. The highest BCUT2D eigenvalue weighted by molar-refractivity contribution is 7.85. The molecule has 0 saturated heterocycles. The van der Waals surface area contributed by atoms with Gasteiger partial charge in [-0.3, -0.25) is 8.98 Å². The molecule has 1 heterocycles. The maximum atomic E-state index is 13.9. The fourth-order valence-electron chi connectivity index (χ4n) is 2.89. The first-order chi connectivity index (χ1) is 15.2. The van der Waals surface area contributed by atoms with E-state index in [4.69, 9.17) is 21.5 Å². The molecule has 0 aliphatic heterocycles. The van der Waals surface area contributed by atoms with Crippen LogP contribution in [-0.4, -0.2) is 24.5 Å². The van der Waals surface area contributed by atoms with Crippen LogP contribution in [0.5, 0.6) is 0 Å². The molecule has 3 rings (SSSR count). The maximum absolute atomic E-state index is 13.9. The van der Waals surface area contributed by atoms with Crippen LogP contribution in [0.15, 0.2) is 59.4 Å². The van der Waals surface area contributed by atoms with Crippen molar-refractivity contribution < 1.29 is 17.0 Å². The lowest BCUT2D eigenvalue weighted by Gasteiger charge is -2.11. The van der Waals surface area contributed by atoms with Crippen molar-refractivity contribution in [2.24, 2.45) is 5.73 Å². The Morgan fingerprint density at radius 1 is 1.16 bits per heavy atom. The minimum Gasteiger partial charge on any atom is -0.326 e. The van der Waals surface area contributed by atoms with E-state index in [0.29, 0.717) is 21.8 Å². The molecule has 0 spiro atoms. The van der Waals surface area contributed by atoms with Crippen LogP contribution in [0, 0.1) is 5.82 Å². The molecule has 0 amide bonds. The van der Waals surface area contributed by atoms with Gasteiger partial charge < -0.3 is 5.73 Å². The molecule has 168 valence electrons. The molecule has 3 aromatic rings. The van der Waals surface area contributed by atoms with Crippen LogP contribution in [0.3, 0.4) is 0 Å². The van der Waals surface area contributed by atoms with Crippen LogP contribution in [0.4, 0.5) is 4.39 Å². The van der Waals surface area contributed by atoms with Crippen molar-refractivity contribution in [1.29, 1.82) is 0 Å². The van der Waals surface area contributed by atoms with Gasteiger partial charge in [-0.05, 0) is 42.0 Å². The van der Waals surface area contributed by atoms with Crippen LogP contribution < -0.4 is 11.3 Å². The molecule has 0 radical (unpaired) electrons. The van der Waals surface area contributed by atoms with Crippen molar-refractivity contribution in [3.05, 3.63) is 92.5 Å². The topological polar surface area (TPSA) is 104 Å². The van der Waals surface area contributed by atoms with Gasteiger partial charge in [0.25, 0.3) is 15.7 Å². The lowest BCUT2D eigenvalue weighted by molar-refractivity contribution is 0.308. The third kappa shape index (κ3) is 6.33. The first-order valence-electron chi connectivity index (χ1n) is 9.52. The van der Waals surface area contributed by atoms with E-state index in [-0.39, 0.29) is 18.7 Å². The summed E-state index contributed by atoms with van der Waals surface area (Å²) in [4.78, 5) is 12.8. The predicted molar refractivity (Wildman–Crippen MR) is 122 cm³/mol. The van der Waals surface area contributed by atoms with Crippen LogP contribution in [-0.2, 0) is 34.0 Å². The third-order valence-electron chi connectivity index (χ3n) is 4.50. The fourth-order valence-corrected chi connectivity index (χ4v) is 3.36. The second-order valence-electron chi connectivity index (χ2n) is 6.97. The van der Waals surface area contributed by atoms with Gasteiger partial charge in [-0.15, -0.1) is 0 Å². The highest BCUT2D eigenvalue weighted by Gasteiger charge is 2.13. The first kappa shape index (κ1) is 23.8. The van der Waals surface area contributed by atoms with Gasteiger partial charge in [0.2, 0.25) is 0 Å². The van der Waals surface area contributed by atoms with Crippen LogP contribution in [0.2, 0.25) is 5.02 Å². The largest absolute Gasteiger partial charge is 0.326 e. The van der Waals surface area contributed by atoms with Crippen molar-refractivity contribution in [2.45, 2.75) is 19.7 Å². The number of aromatic nitrogens is 2. The molecule has 2 aromatic carbocycles. The molecule has 2 N–H and O–H groups in total. The predicted octanol–water partition coefficient (Wildman–Crippen LogP) is 3.35. The molecular weight excluding hydrogens is 457 g/mol. The molecule has 0 unspecified atom stereocenters. The van der Waals surface area contributed by atoms with Crippen molar-refractivity contribution >= 4 is 27.8 Å². The Morgan fingerprint density at radius 3 is 2.53 bits per heavy atom. The van der Waals surface area contributed by atoms with Crippen molar-refractivity contribution in [2.75, 3.05) is 6.26 Å². The molecule has 0 bridgehead atoms. The molecule has 1 aromatic heterocycles. The molecule has 7 nitrogen and oxygen atoms in total. The summed E-state index contributed by atoms with van der Waals surface area (Å²) in [5.74, 6) is -0.448. The molecule has 32 heavy (non-hydrogen) atoms. The number of nitrogens with zero attached hydrogens (tertiary/aromatic N) is 2. The van der Waals surface area contributed by atoms with Crippen molar-refractivity contribution in [1.82, 2.24) is 9.78 Å². The maximum Gasteiger partial charge on any atom is 0.272 e. The zero-order chi connectivity index (χ0) is 23.3. The molecule has 0 atom stereocenters. The summed E-state index contributed by atoms with van der Waals surface area (Å²) in [6.07, 6.45) is 4.43. The zero-order valence-corrected chi connectivity index (χ0v) is 18.7. The highest BCUT2D eigenvalue weighted by Crippen LogP contribution is 2.21. The van der Waals surface area contributed by atoms with Gasteiger partial charge in [0.05, 0.1) is 25.1 Å². The number of hydrogen-bond acceptors (Lipinski definition) is 6. The third-order valence-corrected chi connectivity index (χ3v) is 5.30. The van der Waals surface area contributed by atoms with Gasteiger partial charge in [-0.1, -0.05) is 35.9 Å². The number of halogens is 2. The second kappa shape index (κ2) is 10.2. The van der Waals surface area contributed by atoms with Crippen molar-refractivity contribution in [3.8, 4) is 11.3 Å². The van der Waals surface area contributed by atoms with E-state index in [9.17, 15) is 17.6 Å². The fraction of sp³-hybridized carbons (Fsp3) is 0.182. The average Bonchev–Trinajstić information content (AvgIpc) is 2.75. The number of rotatable bonds is 8. The molecular formula is C22H21ClFN3O4S. The van der Waals surface area contributed by atoms with Gasteiger partial charge in [-0.25, -0.2) is 9.07 Å². The smallest absolute Gasteiger partial charge is 0.272 e. The Labute approximate surface area is 190 Å². The van der Waals surface area contributed by atoms with Crippen LogP contribution in [0.25, 0.3) is 17.3 Å². The lowest BCUT2D eigenvalue weighted by Crippen LogP contribution is -2.27. The number of allylic oxidation sites excluding steroid dienone is 1. The van der Waals surface area contributed by atoms with Crippen LogP contribution >= 0.6 is 11.6 Å². The van der Waals surface area contributed by atoms with Gasteiger partial charge in [0, 0.05) is 28.3 Å². The minimum absolute atomic E-state index is 0.00676. The first-order valence-corrected chi connectivity index (χ1v) is 11.7. The highest BCUT2D eigenvalue weighted by atomic mass is 35.5. The van der Waals surface area contributed by atoms with E-state index in [0.717, 1.165) is 11.8 Å². The number of benzene rings is 2. The van der Waals surface area contributed by atoms with Gasteiger partial charge in [-0.2, -0.15) is 13.5 Å². The molecule has 0 aliphatic rings. The SMILES string of the molecule is CS(=O)(=O)OCc1cc(-c2ccc(F)c(CN)c2)nn(C/C=C/c2ccc(Cl)cc2)c1=O. The summed E-state index contributed by atoms with van der Waals surface area (Å²) in [5.41, 5.74) is 7.24. The van der Waals surface area contributed by atoms with E-state index in [1.807, 2.05) is 12.1 Å². The Bertz CT molecular complexity index is 1310. The Balaban J connectivity index is 1.99. The molecule has 0 aliphatic carbocycles. The minimum atomic E-state index is -3.76. The summed E-state index contributed by atoms with van der Waals surface area (Å²) >= 11 is 5.88. The monoisotopic (exact) mass is 477 g/mol. The van der Waals surface area contributed by atoms with E-state index in [1.165, 1.54) is 28.9 Å². The van der Waals surface area contributed by atoms with Gasteiger partial charge in [0.1, 0.15) is 5.82 Å². The standard InChI is InChI=1S/C22H21ClFN3O4S/c1-32(29,30)31-14-18-12-21(16-6-9-20(24)17(11-16)13-25)26-27(22(18)28)10-2-3-15-4-7-19(23)8-5-15/h2-9,11-12H,10,13-14,25H2,1H3/b3-2+. The Kier molecular flexibility index (Phi) is 7.57. The van der Waals surface area contributed by atoms with Crippen LogP contribution in [0.1, 0.15) is 16.7 Å². The van der Waals surface area contributed by atoms with Gasteiger partial charge >= 0.3 is 0 Å². The quantitative estimate of drug-likeness (QED) is 0.499. The summed E-state index contributed by atoms with van der Waals surface area (Å²) in [7, 11) is -3.76. The average molecular weight is 478 g/mol. The van der Waals surface area contributed by atoms with E-state index < -0.39 is 28.1 Å². The Morgan fingerprint density at radius 2 is 1.88 bits per heavy atom. The van der Waals surface area contributed by atoms with Gasteiger partial charge in [0.15, 0.2) is 0 Å². The van der Waals surface area contributed by atoms with Crippen molar-refractivity contribution in [3.63, 3.8) is 0 Å². The summed E-state index contributed by atoms with van der Waals surface area (Å²) in [6, 6.07) is 12.9. The molecule has 10 heteroatoms. The number of nitrogens with two attached hydrogens (primary N) is 1. The van der Waals surface area contributed by atoms with E-state index in [1.54, 1.807) is 24.3 Å². The normalized spacial score (nSPS) is 11.9. The summed E-state index contributed by atoms with van der Waals surface area (Å²) in [6.45, 7) is -0.335. The molecule has 0 fully saturated rings.